The van der Waals surface area contributed by atoms with Gasteiger partial charge in [0.25, 0.3) is 0 Å². The Labute approximate surface area is 99.0 Å². The quantitative estimate of drug-likeness (QED) is 0.776. The molecule has 16 heavy (non-hydrogen) atoms. The van der Waals surface area contributed by atoms with Gasteiger partial charge >= 0.3 is 0 Å². The second kappa shape index (κ2) is 6.16. The fourth-order valence-electron chi connectivity index (χ4n) is 2.51. The fraction of sp³-hybridized carbons (Fsp3) is 0.769. The highest BCUT2D eigenvalue weighted by atomic mass is 16.5. The summed E-state index contributed by atoms with van der Waals surface area (Å²) in [5.41, 5.74) is 2.32. The number of rotatable bonds is 5. The molecule has 92 valence electrons. The number of aliphatic imine (C=N–C) groups is 1. The molecule has 1 aliphatic heterocycles. The molecule has 3 nitrogen and oxygen atoms in total. The van der Waals surface area contributed by atoms with E-state index in [2.05, 4.69) is 30.2 Å². The Morgan fingerprint density at radius 2 is 2.25 bits per heavy atom. The van der Waals surface area contributed by atoms with E-state index in [9.17, 15) is 0 Å². The molecule has 0 aromatic carbocycles. The zero-order valence-corrected chi connectivity index (χ0v) is 11.0. The zero-order chi connectivity index (χ0) is 12.0. The largest absolute Gasteiger partial charge is 0.364 e. The average Bonchev–Trinajstić information content (AvgIpc) is 2.65. The summed E-state index contributed by atoms with van der Waals surface area (Å²) in [5.74, 6) is 0. The van der Waals surface area contributed by atoms with Gasteiger partial charge in [-0.2, -0.15) is 0 Å². The highest BCUT2D eigenvalue weighted by Gasteiger charge is 2.41. The number of hydrogen-bond acceptors (Lipinski definition) is 3. The van der Waals surface area contributed by atoms with Gasteiger partial charge in [0.05, 0.1) is 17.9 Å². The molecule has 0 amide bonds. The predicted octanol–water partition coefficient (Wildman–Crippen LogP) is 2.18. The van der Waals surface area contributed by atoms with Crippen LogP contribution in [0.15, 0.2) is 16.6 Å². The van der Waals surface area contributed by atoms with E-state index in [1.807, 2.05) is 14.1 Å². The second-order valence-corrected chi connectivity index (χ2v) is 4.26. The van der Waals surface area contributed by atoms with Crippen molar-refractivity contribution >= 4 is 5.71 Å². The molecule has 0 aromatic rings. The molecule has 1 N–H and O–H groups in total. The summed E-state index contributed by atoms with van der Waals surface area (Å²) in [6.07, 6.45) is 5.40. The van der Waals surface area contributed by atoms with E-state index in [-0.39, 0.29) is 5.60 Å². The van der Waals surface area contributed by atoms with Crippen LogP contribution in [-0.4, -0.2) is 38.6 Å². The molecule has 0 spiro atoms. The van der Waals surface area contributed by atoms with Crippen LogP contribution in [0.1, 0.15) is 33.1 Å². The zero-order valence-electron chi connectivity index (χ0n) is 11.0. The van der Waals surface area contributed by atoms with Crippen molar-refractivity contribution in [1.29, 1.82) is 0 Å². The Balaban J connectivity index is 2.92. The first kappa shape index (κ1) is 13.4. The lowest BCUT2D eigenvalue weighted by Crippen LogP contribution is -2.34. The molecule has 0 radical (unpaired) electrons. The summed E-state index contributed by atoms with van der Waals surface area (Å²) in [7, 11) is 3.83. The third kappa shape index (κ3) is 2.53. The van der Waals surface area contributed by atoms with Crippen molar-refractivity contribution in [3.63, 3.8) is 0 Å². The van der Waals surface area contributed by atoms with Crippen LogP contribution in [0.3, 0.4) is 0 Å². The van der Waals surface area contributed by atoms with Gasteiger partial charge in [0.15, 0.2) is 0 Å². The maximum absolute atomic E-state index is 6.05. The molecular weight excluding hydrogens is 200 g/mol. The first-order chi connectivity index (χ1) is 7.74. The lowest BCUT2D eigenvalue weighted by atomic mass is 9.85. The van der Waals surface area contributed by atoms with Gasteiger partial charge in [-0.05, 0) is 33.4 Å². The van der Waals surface area contributed by atoms with Crippen LogP contribution in [0.2, 0.25) is 0 Å². The van der Waals surface area contributed by atoms with E-state index in [1.54, 1.807) is 0 Å². The topological polar surface area (TPSA) is 33.6 Å². The highest BCUT2D eigenvalue weighted by molar-refractivity contribution is 6.04. The number of hydrogen-bond donors (Lipinski definition) is 1. The lowest BCUT2D eigenvalue weighted by molar-refractivity contribution is 0.0147. The van der Waals surface area contributed by atoms with E-state index >= 15 is 0 Å². The van der Waals surface area contributed by atoms with Gasteiger partial charge in [0.2, 0.25) is 0 Å². The first-order valence-corrected chi connectivity index (χ1v) is 6.15. The van der Waals surface area contributed by atoms with Gasteiger partial charge in [-0.3, -0.25) is 4.99 Å². The number of ether oxygens (including phenoxy) is 1. The molecule has 0 aromatic heterocycles. The predicted molar refractivity (Wildman–Crippen MR) is 69.3 cm³/mol. The minimum absolute atomic E-state index is 0.0959. The van der Waals surface area contributed by atoms with Crippen molar-refractivity contribution in [2.75, 3.05) is 27.2 Å². The first-order valence-electron chi connectivity index (χ1n) is 6.15. The van der Waals surface area contributed by atoms with E-state index in [0.29, 0.717) is 6.61 Å². The van der Waals surface area contributed by atoms with Crippen molar-refractivity contribution in [3.05, 3.63) is 11.6 Å². The monoisotopic (exact) mass is 224 g/mol. The average molecular weight is 224 g/mol. The standard InChI is InChI=1S/C13H24N2O/c1-5-7-13(8-9-14-3)11(6-2)12(15-4)10-16-13/h6,14H,5,7-10H2,1-4H3/b11-6+,15-12-/t13-/m0/s1. The number of allylic oxidation sites excluding steroid dienone is 1. The van der Waals surface area contributed by atoms with E-state index in [4.69, 9.17) is 4.74 Å². The summed E-state index contributed by atoms with van der Waals surface area (Å²) < 4.78 is 6.05. The van der Waals surface area contributed by atoms with E-state index in [0.717, 1.165) is 31.5 Å². The summed E-state index contributed by atoms with van der Waals surface area (Å²) in [5, 5.41) is 3.21. The molecule has 3 heteroatoms. The van der Waals surface area contributed by atoms with Crippen molar-refractivity contribution in [2.24, 2.45) is 4.99 Å². The maximum atomic E-state index is 6.05. The number of nitrogens with one attached hydrogen (secondary N) is 1. The van der Waals surface area contributed by atoms with Crippen LogP contribution >= 0.6 is 0 Å². The molecule has 0 unspecified atom stereocenters. The van der Waals surface area contributed by atoms with Crippen molar-refractivity contribution < 1.29 is 4.74 Å². The van der Waals surface area contributed by atoms with Crippen molar-refractivity contribution in [3.8, 4) is 0 Å². The van der Waals surface area contributed by atoms with Gasteiger partial charge in [-0.1, -0.05) is 19.4 Å². The van der Waals surface area contributed by atoms with Crippen molar-refractivity contribution in [1.82, 2.24) is 5.32 Å². The summed E-state index contributed by atoms with van der Waals surface area (Å²) in [6.45, 7) is 5.94. The second-order valence-electron chi connectivity index (χ2n) is 4.26. The maximum Gasteiger partial charge on any atom is 0.0963 e. The molecular formula is C13H24N2O. The summed E-state index contributed by atoms with van der Waals surface area (Å²) in [4.78, 5) is 4.33. The van der Waals surface area contributed by atoms with Crippen LogP contribution in [0.25, 0.3) is 0 Å². The van der Waals surface area contributed by atoms with Crippen LogP contribution < -0.4 is 5.32 Å². The fourth-order valence-corrected chi connectivity index (χ4v) is 2.51. The van der Waals surface area contributed by atoms with Gasteiger partial charge in [-0.25, -0.2) is 0 Å². The Morgan fingerprint density at radius 1 is 1.50 bits per heavy atom. The molecule has 0 saturated carbocycles. The minimum atomic E-state index is -0.0959. The molecule has 1 atom stereocenters. The Morgan fingerprint density at radius 3 is 2.75 bits per heavy atom. The van der Waals surface area contributed by atoms with Crippen LogP contribution in [0.4, 0.5) is 0 Å². The van der Waals surface area contributed by atoms with Crippen LogP contribution in [0.5, 0.6) is 0 Å². The van der Waals surface area contributed by atoms with Gasteiger partial charge in [-0.15, -0.1) is 0 Å². The van der Waals surface area contributed by atoms with Crippen molar-refractivity contribution in [2.45, 2.75) is 38.7 Å². The van der Waals surface area contributed by atoms with Gasteiger partial charge in [0, 0.05) is 12.6 Å². The molecule has 1 heterocycles. The SMILES string of the molecule is C/C=C1\C(=N/C)CO[C@@]1(CCC)CCNC. The molecule has 0 aliphatic carbocycles. The van der Waals surface area contributed by atoms with E-state index < -0.39 is 0 Å². The molecule has 1 fully saturated rings. The van der Waals surface area contributed by atoms with Gasteiger partial charge in [0.1, 0.15) is 0 Å². The normalized spacial score (nSPS) is 30.5. The smallest absolute Gasteiger partial charge is 0.0963 e. The van der Waals surface area contributed by atoms with Gasteiger partial charge < -0.3 is 10.1 Å². The summed E-state index contributed by atoms with van der Waals surface area (Å²) >= 11 is 0. The lowest BCUT2D eigenvalue weighted by Gasteiger charge is -2.29. The molecule has 0 bridgehead atoms. The summed E-state index contributed by atoms with van der Waals surface area (Å²) in [6, 6.07) is 0. The minimum Gasteiger partial charge on any atom is -0.364 e. The van der Waals surface area contributed by atoms with Crippen LogP contribution in [0, 0.1) is 0 Å². The Bertz CT molecular complexity index is 284. The Hall–Kier alpha value is -0.670. The number of nitrogens with zero attached hydrogens (tertiary/aromatic N) is 1. The molecule has 1 rings (SSSR count). The Kier molecular flexibility index (Phi) is 5.16. The molecule has 1 aliphatic rings. The highest BCUT2D eigenvalue weighted by Crippen LogP contribution is 2.36. The van der Waals surface area contributed by atoms with Crippen LogP contribution in [-0.2, 0) is 4.74 Å². The van der Waals surface area contributed by atoms with E-state index in [1.165, 1.54) is 5.57 Å². The third-order valence-corrected chi connectivity index (χ3v) is 3.28. The third-order valence-electron chi connectivity index (χ3n) is 3.28. The molecule has 1 saturated heterocycles.